The number of ether oxygens (including phenoxy) is 1. The third-order valence-corrected chi connectivity index (χ3v) is 4.42. The fourth-order valence-electron chi connectivity index (χ4n) is 1.27. The van der Waals surface area contributed by atoms with Gasteiger partial charge in [-0.1, -0.05) is 0 Å². The molecule has 0 radical (unpaired) electrons. The first-order valence-electron chi connectivity index (χ1n) is 5.18. The summed E-state index contributed by atoms with van der Waals surface area (Å²) in [6, 6.07) is 1.26. The third kappa shape index (κ3) is 4.78. The van der Waals surface area contributed by atoms with Crippen molar-refractivity contribution in [3.8, 4) is 0 Å². The van der Waals surface area contributed by atoms with Gasteiger partial charge in [0.25, 0.3) is 0 Å². The molecule has 0 bridgehead atoms. The molecule has 0 atom stereocenters. The molecular weight excluding hydrogens is 364 g/mol. The number of benzene rings is 1. The van der Waals surface area contributed by atoms with Crippen LogP contribution in [-0.4, -0.2) is 39.3 Å². The number of hydrogen-bond acceptors (Lipinski definition) is 4. The molecule has 0 aliphatic rings. The Hall–Kier alpha value is -1.10. The van der Waals surface area contributed by atoms with E-state index in [0.29, 0.717) is 6.07 Å². The number of hydrogen-bond donors (Lipinski definition) is 2. The van der Waals surface area contributed by atoms with Crippen molar-refractivity contribution in [3.05, 3.63) is 28.2 Å². The van der Waals surface area contributed by atoms with Crippen LogP contribution in [0.25, 0.3) is 0 Å². The molecule has 0 saturated heterocycles. The molecule has 0 aromatic heterocycles. The molecule has 1 aromatic rings. The minimum atomic E-state index is -4.21. The van der Waals surface area contributed by atoms with Crippen molar-refractivity contribution >= 4 is 31.9 Å². The van der Waals surface area contributed by atoms with E-state index < -0.39 is 39.1 Å². The fraction of sp³-hybridized carbons (Fsp3) is 0.300. The first-order valence-corrected chi connectivity index (χ1v) is 7.45. The van der Waals surface area contributed by atoms with Crippen LogP contribution < -0.4 is 4.72 Å². The number of sulfonamides is 1. The highest BCUT2D eigenvalue weighted by Gasteiger charge is 2.23. The summed E-state index contributed by atoms with van der Waals surface area (Å²) in [6.45, 7) is -1.03. The number of rotatable bonds is 7. The molecule has 10 heteroatoms. The molecule has 1 aromatic carbocycles. The molecule has 1 rings (SSSR count). The zero-order valence-corrected chi connectivity index (χ0v) is 12.3. The molecule has 0 amide bonds. The lowest BCUT2D eigenvalue weighted by atomic mass is 10.3. The second-order valence-electron chi connectivity index (χ2n) is 3.54. The van der Waals surface area contributed by atoms with Crippen LogP contribution in [0, 0.1) is 11.6 Å². The third-order valence-electron chi connectivity index (χ3n) is 2.00. The second kappa shape index (κ2) is 7.07. The van der Waals surface area contributed by atoms with Crippen molar-refractivity contribution in [2.24, 2.45) is 0 Å². The summed E-state index contributed by atoms with van der Waals surface area (Å²) in [6.07, 6.45) is 0. The second-order valence-corrected chi connectivity index (χ2v) is 6.10. The molecule has 6 nitrogen and oxygen atoms in total. The van der Waals surface area contributed by atoms with Crippen LogP contribution in [0.1, 0.15) is 0 Å². The van der Waals surface area contributed by atoms with Gasteiger partial charge in [-0.3, -0.25) is 0 Å². The summed E-state index contributed by atoms with van der Waals surface area (Å²) < 4.78 is 56.3. The van der Waals surface area contributed by atoms with Crippen LogP contribution in [0.5, 0.6) is 0 Å². The highest BCUT2D eigenvalue weighted by atomic mass is 79.9. The standard InChI is InChI=1S/C10H10BrF2NO5S/c11-7-3-6(12)4-8(13)10(7)20(17,18)14-1-2-19-5-9(15)16/h3-4,14H,1-2,5H2,(H,15,16). The highest BCUT2D eigenvalue weighted by molar-refractivity contribution is 9.10. The number of carbonyl (C=O) groups is 1. The normalized spacial score (nSPS) is 11.6. The van der Waals surface area contributed by atoms with Crippen LogP contribution in [-0.2, 0) is 19.6 Å². The van der Waals surface area contributed by atoms with Crippen molar-refractivity contribution in [1.82, 2.24) is 4.72 Å². The summed E-state index contributed by atoms with van der Waals surface area (Å²) in [5.41, 5.74) is 0. The SMILES string of the molecule is O=C(O)COCCNS(=O)(=O)c1c(F)cc(F)cc1Br. The summed E-state index contributed by atoms with van der Waals surface area (Å²) in [5, 5.41) is 8.29. The molecule has 0 heterocycles. The smallest absolute Gasteiger partial charge is 0.329 e. The van der Waals surface area contributed by atoms with Gasteiger partial charge in [0.05, 0.1) is 6.61 Å². The van der Waals surface area contributed by atoms with Gasteiger partial charge in [0.15, 0.2) is 0 Å². The van der Waals surface area contributed by atoms with Crippen molar-refractivity contribution in [2.45, 2.75) is 4.90 Å². The van der Waals surface area contributed by atoms with Crippen molar-refractivity contribution in [3.63, 3.8) is 0 Å². The van der Waals surface area contributed by atoms with Gasteiger partial charge in [-0.2, -0.15) is 0 Å². The number of nitrogens with one attached hydrogen (secondary N) is 1. The topological polar surface area (TPSA) is 92.7 Å². The van der Waals surface area contributed by atoms with E-state index in [1.165, 1.54) is 0 Å². The zero-order chi connectivity index (χ0) is 15.3. The fourth-order valence-corrected chi connectivity index (χ4v) is 3.44. The minimum absolute atomic E-state index is 0.202. The molecule has 0 spiro atoms. The number of carboxylic acids is 1. The van der Waals surface area contributed by atoms with E-state index in [2.05, 4.69) is 20.7 Å². The zero-order valence-electron chi connectivity index (χ0n) is 9.90. The van der Waals surface area contributed by atoms with Crippen molar-refractivity contribution < 1.29 is 31.8 Å². The molecule has 20 heavy (non-hydrogen) atoms. The average Bonchev–Trinajstić information content (AvgIpc) is 2.25. The van der Waals surface area contributed by atoms with Gasteiger partial charge in [0, 0.05) is 17.1 Å². The van der Waals surface area contributed by atoms with Gasteiger partial charge >= 0.3 is 5.97 Å². The Balaban J connectivity index is 2.73. The van der Waals surface area contributed by atoms with Crippen LogP contribution in [0.4, 0.5) is 8.78 Å². The Kier molecular flexibility index (Phi) is 5.99. The number of aliphatic carboxylic acids is 1. The van der Waals surface area contributed by atoms with E-state index in [1.54, 1.807) is 0 Å². The van der Waals surface area contributed by atoms with Gasteiger partial charge in [0.2, 0.25) is 10.0 Å². The van der Waals surface area contributed by atoms with E-state index in [0.717, 1.165) is 6.07 Å². The Morgan fingerprint density at radius 2 is 2.05 bits per heavy atom. The number of halogens is 3. The lowest BCUT2D eigenvalue weighted by molar-refractivity contribution is -0.142. The Labute approximate surface area is 121 Å². The molecule has 0 unspecified atom stereocenters. The van der Waals surface area contributed by atoms with E-state index in [1.807, 2.05) is 4.72 Å². The highest BCUT2D eigenvalue weighted by Crippen LogP contribution is 2.25. The Morgan fingerprint density at radius 3 is 2.60 bits per heavy atom. The molecule has 0 aliphatic heterocycles. The van der Waals surface area contributed by atoms with Crippen molar-refractivity contribution in [1.29, 1.82) is 0 Å². The first-order chi connectivity index (χ1) is 9.24. The van der Waals surface area contributed by atoms with E-state index in [4.69, 9.17) is 5.11 Å². The monoisotopic (exact) mass is 373 g/mol. The summed E-state index contributed by atoms with van der Waals surface area (Å²) >= 11 is 2.77. The van der Waals surface area contributed by atoms with Crippen molar-refractivity contribution in [2.75, 3.05) is 19.8 Å². The molecule has 0 fully saturated rings. The Bertz CT molecular complexity index is 585. The van der Waals surface area contributed by atoms with E-state index in [9.17, 15) is 22.0 Å². The van der Waals surface area contributed by atoms with Crippen LogP contribution in [0.2, 0.25) is 0 Å². The van der Waals surface area contributed by atoms with E-state index in [-0.39, 0.29) is 17.6 Å². The van der Waals surface area contributed by atoms with Crippen LogP contribution in [0.15, 0.2) is 21.5 Å². The molecule has 0 aliphatic carbocycles. The quantitative estimate of drug-likeness (QED) is 0.698. The van der Waals surface area contributed by atoms with Gasteiger partial charge in [-0.25, -0.2) is 26.7 Å². The molecule has 0 saturated carbocycles. The summed E-state index contributed by atoms with van der Waals surface area (Å²) in [4.78, 5) is 9.42. The minimum Gasteiger partial charge on any atom is -0.480 e. The van der Waals surface area contributed by atoms with Crippen LogP contribution >= 0.6 is 15.9 Å². The maximum atomic E-state index is 13.5. The average molecular weight is 374 g/mol. The first kappa shape index (κ1) is 17.0. The molecule has 112 valence electrons. The van der Waals surface area contributed by atoms with E-state index >= 15 is 0 Å². The predicted octanol–water partition coefficient (Wildman–Crippen LogP) is 1.11. The predicted molar refractivity (Wildman–Crippen MR) is 67.7 cm³/mol. The molecular formula is C10H10BrF2NO5S. The van der Waals surface area contributed by atoms with Gasteiger partial charge in [-0.15, -0.1) is 0 Å². The van der Waals surface area contributed by atoms with Gasteiger partial charge in [0.1, 0.15) is 23.1 Å². The largest absolute Gasteiger partial charge is 0.480 e. The summed E-state index contributed by atoms with van der Waals surface area (Å²) in [7, 11) is -4.21. The van der Waals surface area contributed by atoms with Gasteiger partial charge in [-0.05, 0) is 22.0 Å². The lowest BCUT2D eigenvalue weighted by Crippen LogP contribution is -2.29. The number of carboxylic acid groups (broad SMARTS) is 1. The lowest BCUT2D eigenvalue weighted by Gasteiger charge is -2.09. The molecule has 2 N–H and O–H groups in total. The maximum absolute atomic E-state index is 13.5. The maximum Gasteiger partial charge on any atom is 0.329 e. The van der Waals surface area contributed by atoms with Gasteiger partial charge < -0.3 is 9.84 Å². The van der Waals surface area contributed by atoms with Crippen LogP contribution in [0.3, 0.4) is 0 Å². The summed E-state index contributed by atoms with van der Waals surface area (Å²) in [5.74, 6) is -3.35. The Morgan fingerprint density at radius 1 is 1.40 bits per heavy atom.